The zero-order valence-corrected chi connectivity index (χ0v) is 14.1. The molecular formula is C17H11BrClNO3. The van der Waals surface area contributed by atoms with Crippen LogP contribution in [0.2, 0.25) is 5.02 Å². The van der Waals surface area contributed by atoms with E-state index in [9.17, 15) is 14.7 Å². The number of rotatable bonds is 2. The van der Waals surface area contributed by atoms with Crippen LogP contribution in [-0.4, -0.2) is 16.8 Å². The van der Waals surface area contributed by atoms with Crippen molar-refractivity contribution in [2.45, 2.75) is 6.04 Å². The second kappa shape index (κ2) is 6.18. The zero-order chi connectivity index (χ0) is 16.6. The van der Waals surface area contributed by atoms with Gasteiger partial charge in [0.2, 0.25) is 0 Å². The summed E-state index contributed by atoms with van der Waals surface area (Å²) >= 11 is 9.17. The van der Waals surface area contributed by atoms with Crippen LogP contribution in [0.15, 0.2) is 58.6 Å². The predicted octanol–water partition coefficient (Wildman–Crippen LogP) is 3.81. The van der Waals surface area contributed by atoms with E-state index in [0.717, 1.165) is 4.47 Å². The van der Waals surface area contributed by atoms with Crippen molar-refractivity contribution in [3.8, 4) is 0 Å². The number of aliphatic hydroxyl groups is 1. The molecule has 1 heterocycles. The molecule has 0 spiro atoms. The molecule has 0 bridgehead atoms. The Morgan fingerprint density at radius 2 is 1.65 bits per heavy atom. The molecule has 2 aromatic rings. The highest BCUT2D eigenvalue weighted by molar-refractivity contribution is 9.10. The van der Waals surface area contributed by atoms with Crippen LogP contribution < -0.4 is 5.32 Å². The van der Waals surface area contributed by atoms with Crippen LogP contribution in [0.25, 0.3) is 5.76 Å². The minimum absolute atomic E-state index is 0.0413. The molecule has 0 aliphatic carbocycles. The van der Waals surface area contributed by atoms with Gasteiger partial charge in [0.15, 0.2) is 0 Å². The number of hydrogen-bond donors (Lipinski definition) is 2. The third kappa shape index (κ3) is 3.02. The normalized spacial score (nSPS) is 19.7. The van der Waals surface area contributed by atoms with Gasteiger partial charge in [0.05, 0.1) is 11.6 Å². The number of nitrogens with one attached hydrogen (secondary N) is 1. The molecule has 116 valence electrons. The molecule has 0 saturated carbocycles. The number of amides is 1. The smallest absolute Gasteiger partial charge is 0.293 e. The van der Waals surface area contributed by atoms with Crippen molar-refractivity contribution in [1.82, 2.24) is 5.32 Å². The highest BCUT2D eigenvalue weighted by atomic mass is 79.9. The monoisotopic (exact) mass is 391 g/mol. The van der Waals surface area contributed by atoms with Crippen molar-refractivity contribution in [2.24, 2.45) is 0 Å². The van der Waals surface area contributed by atoms with Crippen molar-refractivity contribution in [1.29, 1.82) is 0 Å². The zero-order valence-electron chi connectivity index (χ0n) is 11.7. The van der Waals surface area contributed by atoms with E-state index in [0.29, 0.717) is 16.1 Å². The molecule has 0 aromatic heterocycles. The Hall–Kier alpha value is -2.11. The molecule has 4 nitrogen and oxygen atoms in total. The first-order valence-electron chi connectivity index (χ1n) is 6.77. The summed E-state index contributed by atoms with van der Waals surface area (Å²) in [7, 11) is 0. The van der Waals surface area contributed by atoms with Gasteiger partial charge in [-0.2, -0.15) is 0 Å². The molecular weight excluding hydrogens is 382 g/mol. The number of Topliss-reactive ketones (excluding diaryl/α,β-unsaturated/α-hetero) is 1. The molecule has 1 fully saturated rings. The SMILES string of the molecule is O=C1N[C@H](c2ccc(Br)cc2)C(=C(O)c2ccc(Cl)cc2)C1=O. The van der Waals surface area contributed by atoms with Gasteiger partial charge in [-0.25, -0.2) is 0 Å². The average Bonchev–Trinajstić information content (AvgIpc) is 2.84. The number of aliphatic hydroxyl groups excluding tert-OH is 1. The van der Waals surface area contributed by atoms with Crippen molar-refractivity contribution in [3.05, 3.63) is 74.7 Å². The Bertz CT molecular complexity index is 813. The molecule has 3 rings (SSSR count). The lowest BCUT2D eigenvalue weighted by molar-refractivity contribution is -0.133. The van der Waals surface area contributed by atoms with E-state index in [1.165, 1.54) is 0 Å². The molecule has 0 radical (unpaired) electrons. The number of carbonyl (C=O) groups excluding carboxylic acids is 2. The van der Waals surface area contributed by atoms with Crippen LogP contribution >= 0.6 is 27.5 Å². The average molecular weight is 393 g/mol. The van der Waals surface area contributed by atoms with Crippen LogP contribution in [0.3, 0.4) is 0 Å². The van der Waals surface area contributed by atoms with Crippen LogP contribution in [0.1, 0.15) is 17.2 Å². The summed E-state index contributed by atoms with van der Waals surface area (Å²) in [5.41, 5.74) is 1.18. The fourth-order valence-electron chi connectivity index (χ4n) is 2.43. The van der Waals surface area contributed by atoms with Crippen molar-refractivity contribution in [3.63, 3.8) is 0 Å². The summed E-state index contributed by atoms with van der Waals surface area (Å²) < 4.78 is 0.879. The molecule has 1 atom stereocenters. The Balaban J connectivity index is 2.10. The number of halogens is 2. The topological polar surface area (TPSA) is 66.4 Å². The molecule has 6 heteroatoms. The number of ketones is 1. The molecule has 1 aliphatic heterocycles. The van der Waals surface area contributed by atoms with Gasteiger partial charge in [-0.3, -0.25) is 9.59 Å². The van der Waals surface area contributed by atoms with Gasteiger partial charge in [-0.15, -0.1) is 0 Å². The van der Waals surface area contributed by atoms with E-state index >= 15 is 0 Å². The van der Waals surface area contributed by atoms with Gasteiger partial charge < -0.3 is 10.4 Å². The van der Waals surface area contributed by atoms with Gasteiger partial charge in [-0.1, -0.05) is 39.7 Å². The highest BCUT2D eigenvalue weighted by Crippen LogP contribution is 2.33. The largest absolute Gasteiger partial charge is 0.507 e. The summed E-state index contributed by atoms with van der Waals surface area (Å²) in [6.07, 6.45) is 0. The second-order valence-corrected chi connectivity index (χ2v) is 6.41. The molecule has 0 unspecified atom stereocenters. The standard InChI is InChI=1S/C17H11BrClNO3/c18-11-5-1-9(2-6-11)14-13(16(22)17(23)20-14)15(21)10-3-7-12(19)8-4-10/h1-8,14,21H,(H,20,23)/t14-/m1/s1. The first-order valence-corrected chi connectivity index (χ1v) is 7.94. The van der Waals surface area contributed by atoms with E-state index in [-0.39, 0.29) is 11.3 Å². The Morgan fingerprint density at radius 1 is 1.04 bits per heavy atom. The molecule has 1 amide bonds. The van der Waals surface area contributed by atoms with Crippen LogP contribution in [0, 0.1) is 0 Å². The second-order valence-electron chi connectivity index (χ2n) is 5.06. The lowest BCUT2D eigenvalue weighted by atomic mass is 9.96. The first-order chi connectivity index (χ1) is 11.0. The summed E-state index contributed by atoms with van der Waals surface area (Å²) in [6.45, 7) is 0. The minimum Gasteiger partial charge on any atom is -0.507 e. The summed E-state index contributed by atoms with van der Waals surface area (Å²) in [6, 6.07) is 12.9. The van der Waals surface area contributed by atoms with Gasteiger partial charge in [0.25, 0.3) is 11.7 Å². The first kappa shape index (κ1) is 15.8. The maximum absolute atomic E-state index is 12.2. The minimum atomic E-state index is -0.731. The third-order valence-corrected chi connectivity index (χ3v) is 4.37. The van der Waals surface area contributed by atoms with Gasteiger partial charge in [0, 0.05) is 15.1 Å². The van der Waals surface area contributed by atoms with E-state index in [4.69, 9.17) is 11.6 Å². The quantitative estimate of drug-likeness (QED) is 0.464. The van der Waals surface area contributed by atoms with E-state index in [1.54, 1.807) is 48.5 Å². The van der Waals surface area contributed by atoms with Gasteiger partial charge in [0.1, 0.15) is 5.76 Å². The third-order valence-electron chi connectivity index (χ3n) is 3.59. The maximum Gasteiger partial charge on any atom is 0.293 e. The fraction of sp³-hybridized carbons (Fsp3) is 0.0588. The fourth-order valence-corrected chi connectivity index (χ4v) is 2.83. The number of hydrogen-bond acceptors (Lipinski definition) is 3. The predicted molar refractivity (Wildman–Crippen MR) is 91.0 cm³/mol. The Labute approximate surface area is 145 Å². The Kier molecular flexibility index (Phi) is 4.24. The molecule has 2 N–H and O–H groups in total. The molecule has 1 aliphatic rings. The highest BCUT2D eigenvalue weighted by Gasteiger charge is 2.39. The van der Waals surface area contributed by atoms with Crippen LogP contribution in [-0.2, 0) is 9.59 Å². The maximum atomic E-state index is 12.2. The van der Waals surface area contributed by atoms with E-state index in [1.807, 2.05) is 0 Å². The molecule has 1 saturated heterocycles. The Morgan fingerprint density at radius 3 is 2.26 bits per heavy atom. The summed E-state index contributed by atoms with van der Waals surface area (Å²) in [5, 5.41) is 13.6. The lowest BCUT2D eigenvalue weighted by Crippen LogP contribution is -2.21. The molecule has 23 heavy (non-hydrogen) atoms. The molecule has 2 aromatic carbocycles. The van der Waals surface area contributed by atoms with E-state index < -0.39 is 17.7 Å². The van der Waals surface area contributed by atoms with Crippen molar-refractivity contribution < 1.29 is 14.7 Å². The lowest BCUT2D eigenvalue weighted by Gasteiger charge is -2.13. The summed E-state index contributed by atoms with van der Waals surface area (Å²) in [4.78, 5) is 24.0. The van der Waals surface area contributed by atoms with Crippen molar-refractivity contribution in [2.75, 3.05) is 0 Å². The van der Waals surface area contributed by atoms with Gasteiger partial charge in [-0.05, 0) is 42.0 Å². The van der Waals surface area contributed by atoms with E-state index in [2.05, 4.69) is 21.2 Å². The number of benzene rings is 2. The van der Waals surface area contributed by atoms with Crippen LogP contribution in [0.5, 0.6) is 0 Å². The van der Waals surface area contributed by atoms with Crippen molar-refractivity contribution >= 4 is 45.0 Å². The van der Waals surface area contributed by atoms with Gasteiger partial charge >= 0.3 is 0 Å². The van der Waals surface area contributed by atoms with Crippen LogP contribution in [0.4, 0.5) is 0 Å². The number of carbonyl (C=O) groups is 2. The summed E-state index contributed by atoms with van der Waals surface area (Å²) in [5.74, 6) is -1.68.